The van der Waals surface area contributed by atoms with Gasteiger partial charge in [-0.05, 0) is 37.5 Å². The third kappa shape index (κ3) is 2.67. The molecule has 2 N–H and O–H groups in total. The van der Waals surface area contributed by atoms with Crippen LogP contribution in [0.1, 0.15) is 24.8 Å². The summed E-state index contributed by atoms with van der Waals surface area (Å²) in [6.45, 7) is 1.40. The van der Waals surface area contributed by atoms with Crippen molar-refractivity contribution < 1.29 is 19.4 Å². The van der Waals surface area contributed by atoms with Gasteiger partial charge >= 0.3 is 5.97 Å². The number of Topliss-reactive ketones (excluding diaryl/α,β-unsaturated/α-hetero) is 1. The van der Waals surface area contributed by atoms with Gasteiger partial charge in [-0.2, -0.15) is 0 Å². The fraction of sp³-hybridized carbons (Fsp3) is 0.278. The third-order valence-electron chi connectivity index (χ3n) is 4.50. The van der Waals surface area contributed by atoms with Crippen molar-refractivity contribution in [1.29, 1.82) is 0 Å². The Labute approximate surface area is 143 Å². The molecule has 0 radical (unpaired) electrons. The Hall–Kier alpha value is -3.09. The zero-order chi connectivity index (χ0) is 17.4. The van der Waals surface area contributed by atoms with Crippen molar-refractivity contribution in [3.8, 4) is 0 Å². The summed E-state index contributed by atoms with van der Waals surface area (Å²) < 4.78 is 5.71. The number of aromatic nitrogens is 2. The molecule has 128 valence electrons. The molecule has 4 heterocycles. The van der Waals surface area contributed by atoms with Gasteiger partial charge in [-0.3, -0.25) is 4.79 Å². The lowest BCUT2D eigenvalue weighted by Crippen LogP contribution is -2.30. The number of nitrogens with one attached hydrogen (secondary N) is 1. The van der Waals surface area contributed by atoms with Crippen LogP contribution >= 0.6 is 0 Å². The largest absolute Gasteiger partial charge is 0.477 e. The van der Waals surface area contributed by atoms with E-state index in [0.717, 1.165) is 30.2 Å². The molecule has 0 aliphatic carbocycles. The van der Waals surface area contributed by atoms with Gasteiger partial charge in [0.15, 0.2) is 11.3 Å². The second kappa shape index (κ2) is 6.08. The smallest absolute Gasteiger partial charge is 0.345 e. The van der Waals surface area contributed by atoms with Crippen LogP contribution in [-0.4, -0.2) is 44.8 Å². The van der Waals surface area contributed by atoms with Crippen molar-refractivity contribution in [3.63, 3.8) is 0 Å². The summed E-state index contributed by atoms with van der Waals surface area (Å²) in [6, 6.07) is 3.68. The lowest BCUT2D eigenvalue weighted by atomic mass is 10.1. The molecule has 0 atom stereocenters. The molecule has 0 amide bonds. The molecule has 4 rings (SSSR count). The van der Waals surface area contributed by atoms with Crippen LogP contribution in [-0.2, 0) is 14.3 Å². The number of aliphatic carboxylic acids is 1. The summed E-state index contributed by atoms with van der Waals surface area (Å²) in [7, 11) is 0. The topological polar surface area (TPSA) is 95.5 Å². The molecule has 2 aromatic heterocycles. The Morgan fingerprint density at radius 3 is 2.88 bits per heavy atom. The van der Waals surface area contributed by atoms with Crippen molar-refractivity contribution in [2.75, 3.05) is 13.1 Å². The van der Waals surface area contributed by atoms with Crippen molar-refractivity contribution >= 4 is 28.9 Å². The number of ketones is 1. The molecular formula is C18H17N3O4. The van der Waals surface area contributed by atoms with Gasteiger partial charge in [0.2, 0.25) is 11.7 Å². The van der Waals surface area contributed by atoms with Crippen LogP contribution in [0.2, 0.25) is 0 Å². The van der Waals surface area contributed by atoms with Crippen LogP contribution < -0.4 is 0 Å². The second-order valence-corrected chi connectivity index (χ2v) is 6.12. The third-order valence-corrected chi connectivity index (χ3v) is 4.50. The highest BCUT2D eigenvalue weighted by atomic mass is 16.5. The van der Waals surface area contributed by atoms with Gasteiger partial charge in [0.05, 0.1) is 0 Å². The van der Waals surface area contributed by atoms with E-state index in [1.54, 1.807) is 24.5 Å². The number of H-pyrrole nitrogens is 1. The standard InChI is InChI=1S/C18H17N3O4/c22-15-13(9-11-10-20-16-12(11)5-4-6-19-16)25-17(14(15)18(23)24)21-7-2-1-3-8-21/h4-6,9-10H,1-3,7-8H2,(H,19,20)(H,23,24). The number of likely N-dealkylation sites (tertiary alicyclic amines) is 1. The zero-order valence-corrected chi connectivity index (χ0v) is 13.5. The number of carboxylic acids is 1. The first-order valence-electron chi connectivity index (χ1n) is 8.24. The molecule has 0 bridgehead atoms. The van der Waals surface area contributed by atoms with Gasteiger partial charge in [0, 0.05) is 36.4 Å². The minimum atomic E-state index is -1.26. The van der Waals surface area contributed by atoms with Gasteiger partial charge in [-0.15, -0.1) is 0 Å². The lowest BCUT2D eigenvalue weighted by molar-refractivity contribution is -0.134. The molecule has 7 nitrogen and oxygen atoms in total. The van der Waals surface area contributed by atoms with Gasteiger partial charge < -0.3 is 19.7 Å². The maximum Gasteiger partial charge on any atom is 0.345 e. The fourth-order valence-electron chi connectivity index (χ4n) is 3.26. The van der Waals surface area contributed by atoms with E-state index >= 15 is 0 Å². The van der Waals surface area contributed by atoms with Crippen LogP contribution in [0.3, 0.4) is 0 Å². The van der Waals surface area contributed by atoms with Gasteiger partial charge in [-0.1, -0.05) is 0 Å². The number of hydrogen-bond donors (Lipinski definition) is 2. The molecule has 0 unspecified atom stereocenters. The molecule has 2 aliphatic rings. The Bertz CT molecular complexity index is 919. The van der Waals surface area contributed by atoms with E-state index in [-0.39, 0.29) is 17.2 Å². The summed E-state index contributed by atoms with van der Waals surface area (Å²) in [6.07, 6.45) is 7.99. The highest BCUT2D eigenvalue weighted by Gasteiger charge is 2.38. The van der Waals surface area contributed by atoms with Crippen molar-refractivity contribution in [2.24, 2.45) is 0 Å². The van der Waals surface area contributed by atoms with Crippen LogP contribution in [0.25, 0.3) is 17.1 Å². The van der Waals surface area contributed by atoms with E-state index in [0.29, 0.717) is 18.7 Å². The number of nitrogens with zero attached hydrogens (tertiary/aromatic N) is 2. The fourth-order valence-corrected chi connectivity index (χ4v) is 3.26. The monoisotopic (exact) mass is 339 g/mol. The van der Waals surface area contributed by atoms with Crippen molar-refractivity contribution in [1.82, 2.24) is 14.9 Å². The molecule has 25 heavy (non-hydrogen) atoms. The number of carbonyl (C=O) groups is 2. The molecule has 1 saturated heterocycles. The average molecular weight is 339 g/mol. The Morgan fingerprint density at radius 2 is 2.12 bits per heavy atom. The number of fused-ring (bicyclic) bond motifs is 1. The van der Waals surface area contributed by atoms with Crippen LogP contribution in [0.4, 0.5) is 0 Å². The van der Waals surface area contributed by atoms with Gasteiger partial charge in [0.1, 0.15) is 5.65 Å². The quantitative estimate of drug-likeness (QED) is 0.658. The number of pyridine rings is 1. The van der Waals surface area contributed by atoms with Crippen molar-refractivity contribution in [3.05, 3.63) is 47.3 Å². The Balaban J connectivity index is 1.71. The normalized spacial score (nSPS) is 19.8. The maximum absolute atomic E-state index is 12.6. The molecule has 7 heteroatoms. The number of hydrogen-bond acceptors (Lipinski definition) is 5. The second-order valence-electron chi connectivity index (χ2n) is 6.12. The summed E-state index contributed by atoms with van der Waals surface area (Å²) in [5.74, 6) is -1.65. The molecule has 2 aromatic rings. The number of allylic oxidation sites excluding steroid dienone is 1. The molecule has 0 saturated carbocycles. The predicted octanol–water partition coefficient (Wildman–Crippen LogP) is 2.29. The Morgan fingerprint density at radius 1 is 1.32 bits per heavy atom. The van der Waals surface area contributed by atoms with Gasteiger partial charge in [0.25, 0.3) is 0 Å². The number of carboxylic acid groups (broad SMARTS) is 1. The first-order valence-corrected chi connectivity index (χ1v) is 8.24. The Kier molecular flexibility index (Phi) is 3.76. The van der Waals surface area contributed by atoms with E-state index in [4.69, 9.17) is 4.74 Å². The highest BCUT2D eigenvalue weighted by molar-refractivity contribution is 6.26. The van der Waals surface area contributed by atoms with Gasteiger partial charge in [-0.25, -0.2) is 9.78 Å². The lowest BCUT2D eigenvalue weighted by Gasteiger charge is -2.28. The molecule has 0 aromatic carbocycles. The molecule has 0 spiro atoms. The number of piperidine rings is 1. The zero-order valence-electron chi connectivity index (χ0n) is 13.5. The van der Waals surface area contributed by atoms with E-state index in [9.17, 15) is 14.7 Å². The SMILES string of the molecule is O=C(O)C1=C(N2CCCCC2)OC(=Cc2c[nH]c3ncccc23)C1=O. The van der Waals surface area contributed by atoms with Crippen LogP contribution in [0, 0.1) is 0 Å². The summed E-state index contributed by atoms with van der Waals surface area (Å²) in [5.41, 5.74) is 1.14. The summed E-state index contributed by atoms with van der Waals surface area (Å²) >= 11 is 0. The van der Waals surface area contributed by atoms with E-state index in [1.807, 2.05) is 11.0 Å². The first-order chi connectivity index (χ1) is 12.1. The first kappa shape index (κ1) is 15.4. The number of carbonyl (C=O) groups excluding carboxylic acids is 1. The van der Waals surface area contributed by atoms with Crippen molar-refractivity contribution in [2.45, 2.75) is 19.3 Å². The average Bonchev–Trinajstić information content (AvgIpc) is 3.18. The number of aromatic amines is 1. The summed E-state index contributed by atoms with van der Waals surface area (Å²) in [4.78, 5) is 33.3. The number of rotatable bonds is 3. The van der Waals surface area contributed by atoms with E-state index in [2.05, 4.69) is 9.97 Å². The maximum atomic E-state index is 12.6. The summed E-state index contributed by atoms with van der Waals surface area (Å²) in [5, 5.41) is 10.3. The minimum absolute atomic E-state index is 0.0303. The number of ether oxygens (including phenoxy) is 1. The minimum Gasteiger partial charge on any atom is -0.477 e. The molecular weight excluding hydrogens is 322 g/mol. The van der Waals surface area contributed by atoms with E-state index in [1.165, 1.54) is 0 Å². The van der Waals surface area contributed by atoms with E-state index < -0.39 is 11.8 Å². The van der Waals surface area contributed by atoms with Crippen LogP contribution in [0.5, 0.6) is 0 Å². The molecule has 2 aliphatic heterocycles. The predicted molar refractivity (Wildman–Crippen MR) is 90.2 cm³/mol. The van der Waals surface area contributed by atoms with Crippen LogP contribution in [0.15, 0.2) is 41.7 Å². The highest BCUT2D eigenvalue weighted by Crippen LogP contribution is 2.31. The molecule has 1 fully saturated rings.